The van der Waals surface area contributed by atoms with Crippen molar-refractivity contribution in [3.8, 4) is 0 Å². The van der Waals surface area contributed by atoms with Crippen molar-refractivity contribution in [1.29, 1.82) is 0 Å². The predicted molar refractivity (Wildman–Crippen MR) is 179 cm³/mol. The van der Waals surface area contributed by atoms with Crippen LogP contribution in [0.2, 0.25) is 0 Å². The highest BCUT2D eigenvalue weighted by molar-refractivity contribution is 6.11. The molecule has 3 amide bonds. The molecule has 11 heteroatoms. The monoisotopic (exact) mass is 640 g/mol. The molecule has 2 aliphatic carbocycles. The summed E-state index contributed by atoms with van der Waals surface area (Å²) in [5.74, 6) is 0.0161. The Bertz CT molecular complexity index is 2310. The maximum atomic E-state index is 14.0. The molecule has 3 N–H and O–H groups in total. The Morgan fingerprint density at radius 1 is 0.979 bits per heavy atom. The first-order chi connectivity index (χ1) is 23.0. The van der Waals surface area contributed by atoms with E-state index in [4.69, 9.17) is 4.74 Å². The number of nitrogens with one attached hydrogen (secondary N) is 3. The van der Waals surface area contributed by atoms with Crippen LogP contribution in [0.5, 0.6) is 0 Å². The first-order valence-electron chi connectivity index (χ1n) is 16.1. The molecule has 3 aromatic carbocycles. The maximum absolute atomic E-state index is 14.0. The van der Waals surface area contributed by atoms with Crippen molar-refractivity contribution in [1.82, 2.24) is 19.9 Å². The summed E-state index contributed by atoms with van der Waals surface area (Å²) in [6, 6.07) is 18.6. The SMILES string of the molecule is CC(C)(C)OC(=O)Nc1ccc2[nH]c(C(=O)N3CCc4c3ccc3[nH]c(C(=O)N5CC6CC67C5=CC(=O)c5ccccc57)cc43)nc2c1. The van der Waals surface area contributed by atoms with Crippen LogP contribution in [0.3, 0.4) is 0 Å². The van der Waals surface area contributed by atoms with Crippen molar-refractivity contribution >= 4 is 57.0 Å². The number of hydrogen-bond donors (Lipinski definition) is 3. The van der Waals surface area contributed by atoms with Crippen LogP contribution in [-0.2, 0) is 16.6 Å². The molecule has 11 nitrogen and oxygen atoms in total. The number of anilines is 2. The van der Waals surface area contributed by atoms with Crippen LogP contribution in [0.25, 0.3) is 21.9 Å². The van der Waals surface area contributed by atoms with Crippen LogP contribution in [0.1, 0.15) is 69.8 Å². The number of hydrogen-bond acceptors (Lipinski definition) is 6. The molecule has 4 heterocycles. The van der Waals surface area contributed by atoms with Gasteiger partial charge in [0.15, 0.2) is 11.6 Å². The van der Waals surface area contributed by atoms with Gasteiger partial charge in [0, 0.05) is 58.1 Å². The zero-order chi connectivity index (χ0) is 33.1. The van der Waals surface area contributed by atoms with Crippen molar-refractivity contribution < 1.29 is 23.9 Å². The highest BCUT2D eigenvalue weighted by atomic mass is 16.6. The molecule has 5 aromatic rings. The number of allylic oxidation sites excluding steroid dienone is 2. The van der Waals surface area contributed by atoms with Crippen molar-refractivity contribution in [2.45, 2.75) is 44.6 Å². The summed E-state index contributed by atoms with van der Waals surface area (Å²) in [4.78, 5) is 67.4. The van der Waals surface area contributed by atoms with Gasteiger partial charge in [0.2, 0.25) is 0 Å². The van der Waals surface area contributed by atoms with Gasteiger partial charge in [0.25, 0.3) is 11.8 Å². The lowest BCUT2D eigenvalue weighted by atomic mass is 9.81. The Morgan fingerprint density at radius 2 is 1.79 bits per heavy atom. The number of ketones is 1. The normalized spacial score (nSPS) is 20.7. The number of fused-ring (bicyclic) bond motifs is 5. The molecule has 2 fully saturated rings. The average molecular weight is 641 g/mol. The lowest BCUT2D eigenvalue weighted by molar-refractivity contribution is 0.0635. The number of amides is 3. The molecule has 0 radical (unpaired) electrons. The summed E-state index contributed by atoms with van der Waals surface area (Å²) >= 11 is 0. The zero-order valence-electron chi connectivity index (χ0n) is 26.6. The van der Waals surface area contributed by atoms with Crippen LogP contribution in [-0.4, -0.2) is 62.2 Å². The van der Waals surface area contributed by atoms with Gasteiger partial charge in [-0.2, -0.15) is 0 Å². The molecule has 2 aromatic heterocycles. The molecule has 1 spiro atoms. The van der Waals surface area contributed by atoms with Gasteiger partial charge in [-0.1, -0.05) is 24.3 Å². The number of piperidine rings is 1. The molecule has 240 valence electrons. The third-order valence-corrected chi connectivity index (χ3v) is 10.0. The van der Waals surface area contributed by atoms with Crippen molar-refractivity contribution in [3.05, 3.63) is 101 Å². The first-order valence-corrected chi connectivity index (χ1v) is 16.1. The fraction of sp³-hybridized carbons (Fsp3) is 0.270. The third-order valence-electron chi connectivity index (χ3n) is 10.0. The van der Waals surface area contributed by atoms with E-state index in [1.807, 2.05) is 42.5 Å². The summed E-state index contributed by atoms with van der Waals surface area (Å²) in [7, 11) is 0. The van der Waals surface area contributed by atoms with E-state index in [0.717, 1.165) is 45.4 Å². The number of nitrogens with zero attached hydrogens (tertiary/aromatic N) is 3. The van der Waals surface area contributed by atoms with Gasteiger partial charge in [-0.05, 0) is 87.1 Å². The van der Waals surface area contributed by atoms with Crippen LogP contribution >= 0.6 is 0 Å². The Morgan fingerprint density at radius 3 is 2.62 bits per heavy atom. The van der Waals surface area contributed by atoms with Gasteiger partial charge in [-0.25, -0.2) is 9.78 Å². The molecule has 48 heavy (non-hydrogen) atoms. The molecule has 2 unspecified atom stereocenters. The largest absolute Gasteiger partial charge is 0.444 e. The van der Waals surface area contributed by atoms with Gasteiger partial charge >= 0.3 is 6.09 Å². The smallest absolute Gasteiger partial charge is 0.412 e. The zero-order valence-corrected chi connectivity index (χ0v) is 26.6. The minimum Gasteiger partial charge on any atom is -0.444 e. The Labute approximate surface area is 275 Å². The fourth-order valence-corrected chi connectivity index (χ4v) is 7.90. The van der Waals surface area contributed by atoms with Gasteiger partial charge < -0.3 is 24.5 Å². The second-order valence-electron chi connectivity index (χ2n) is 14.1. The minimum absolute atomic E-state index is 0.0573. The molecule has 0 bridgehead atoms. The second kappa shape index (κ2) is 9.66. The van der Waals surface area contributed by atoms with E-state index in [2.05, 4.69) is 20.3 Å². The van der Waals surface area contributed by atoms with E-state index in [-0.39, 0.29) is 28.8 Å². The minimum atomic E-state index is -0.630. The van der Waals surface area contributed by atoms with E-state index in [1.54, 1.807) is 54.8 Å². The Kier molecular flexibility index (Phi) is 5.74. The molecular formula is C37H32N6O5. The Hall–Kier alpha value is -5.71. The first kappa shape index (κ1) is 28.5. The van der Waals surface area contributed by atoms with Crippen molar-refractivity contribution in [2.24, 2.45) is 5.92 Å². The van der Waals surface area contributed by atoms with E-state index in [1.165, 1.54) is 0 Å². The lowest BCUT2D eigenvalue weighted by Crippen LogP contribution is -2.33. The number of aromatic amines is 2. The van der Waals surface area contributed by atoms with Crippen molar-refractivity contribution in [3.63, 3.8) is 0 Å². The van der Waals surface area contributed by atoms with E-state index in [9.17, 15) is 19.2 Å². The third kappa shape index (κ3) is 4.16. The van der Waals surface area contributed by atoms with Gasteiger partial charge in [-0.15, -0.1) is 0 Å². The molecule has 1 saturated heterocycles. The molecule has 2 aliphatic heterocycles. The van der Waals surface area contributed by atoms with E-state index < -0.39 is 11.7 Å². The fourth-order valence-electron chi connectivity index (χ4n) is 7.90. The maximum Gasteiger partial charge on any atom is 0.412 e. The van der Waals surface area contributed by atoms with E-state index in [0.29, 0.717) is 47.8 Å². The molecule has 2 atom stereocenters. The summed E-state index contributed by atoms with van der Waals surface area (Å²) in [5.41, 5.74) is 6.44. The van der Waals surface area contributed by atoms with Gasteiger partial charge in [0.05, 0.1) is 11.0 Å². The summed E-state index contributed by atoms with van der Waals surface area (Å²) in [6.07, 6.45) is 2.66. The molecule has 9 rings (SSSR count). The summed E-state index contributed by atoms with van der Waals surface area (Å²) in [5, 5.41) is 3.60. The highest BCUT2D eigenvalue weighted by Crippen LogP contribution is 2.66. The number of carbonyl (C=O) groups is 4. The van der Waals surface area contributed by atoms with Gasteiger partial charge in [-0.3, -0.25) is 19.7 Å². The van der Waals surface area contributed by atoms with Crippen LogP contribution in [0, 0.1) is 5.92 Å². The molecule has 4 aliphatic rings. The summed E-state index contributed by atoms with van der Waals surface area (Å²) < 4.78 is 5.33. The standard InChI is InChI=1S/C37H32N6O5/c1-36(2,3)48-35(47)38-20-8-9-26-27(14-20)41-32(40-26)34(46)42-13-12-21-23-15-28(39-25(23)10-11-29(21)42)33(45)43-18-19-17-37(19)24-7-5-4-6-22(24)30(44)16-31(37)43/h4-11,14-16,19,39H,12-13,17-18H2,1-3H3,(H,38,47)(H,40,41). The topological polar surface area (TPSA) is 140 Å². The number of ether oxygens (including phenoxy) is 1. The number of imidazole rings is 1. The van der Waals surface area contributed by atoms with Crippen molar-refractivity contribution in [2.75, 3.05) is 23.3 Å². The Balaban J connectivity index is 0.970. The lowest BCUT2D eigenvalue weighted by Gasteiger charge is -2.29. The average Bonchev–Trinajstić information content (AvgIpc) is 3.51. The second-order valence-corrected chi connectivity index (χ2v) is 14.1. The number of aromatic nitrogens is 3. The predicted octanol–water partition coefficient (Wildman–Crippen LogP) is 6.09. The number of likely N-dealkylation sites (tertiary alicyclic amines) is 1. The van der Waals surface area contributed by atoms with Crippen LogP contribution < -0.4 is 10.2 Å². The van der Waals surface area contributed by atoms with Gasteiger partial charge in [0.1, 0.15) is 11.3 Å². The summed E-state index contributed by atoms with van der Waals surface area (Å²) in [6.45, 7) is 6.42. The van der Waals surface area contributed by atoms with Crippen LogP contribution in [0.15, 0.2) is 72.4 Å². The highest BCUT2D eigenvalue weighted by Gasteiger charge is 2.67. The number of H-pyrrole nitrogens is 2. The quantitative estimate of drug-likeness (QED) is 0.218. The molecule has 1 saturated carbocycles. The number of benzene rings is 3. The molecular weight excluding hydrogens is 608 g/mol. The van der Waals surface area contributed by atoms with E-state index >= 15 is 0 Å². The van der Waals surface area contributed by atoms with Crippen LogP contribution in [0.4, 0.5) is 16.2 Å². The number of rotatable bonds is 3. The number of carbonyl (C=O) groups excluding carboxylic acids is 4.